The quantitative estimate of drug-likeness (QED) is 0.864. The fourth-order valence-electron chi connectivity index (χ4n) is 1.51. The predicted octanol–water partition coefficient (Wildman–Crippen LogP) is 3.13. The Kier molecular flexibility index (Phi) is 4.10. The number of nitriles is 1. The molecule has 1 N–H and O–H groups in total. The monoisotopic (exact) mass is 350 g/mol. The SMILES string of the molecule is CC(Nc1ncc(I)cn1)c1ccc(C#N)cc1. The van der Waals surface area contributed by atoms with Crippen LogP contribution in [-0.2, 0) is 0 Å². The van der Waals surface area contributed by atoms with Crippen molar-refractivity contribution >= 4 is 28.5 Å². The molecule has 2 rings (SSSR count). The predicted molar refractivity (Wildman–Crippen MR) is 77.9 cm³/mol. The largest absolute Gasteiger partial charge is 0.348 e. The molecule has 0 saturated heterocycles. The lowest BCUT2D eigenvalue weighted by Crippen LogP contribution is -2.09. The van der Waals surface area contributed by atoms with Gasteiger partial charge in [-0.2, -0.15) is 5.26 Å². The Hall–Kier alpha value is -1.68. The van der Waals surface area contributed by atoms with Crippen molar-refractivity contribution in [2.45, 2.75) is 13.0 Å². The van der Waals surface area contributed by atoms with Crippen molar-refractivity contribution in [3.05, 3.63) is 51.4 Å². The van der Waals surface area contributed by atoms with Crippen LogP contribution in [0.5, 0.6) is 0 Å². The Balaban J connectivity index is 2.09. The molecule has 1 heterocycles. The van der Waals surface area contributed by atoms with Crippen LogP contribution in [0.15, 0.2) is 36.7 Å². The van der Waals surface area contributed by atoms with E-state index in [4.69, 9.17) is 5.26 Å². The number of anilines is 1. The second-order valence-electron chi connectivity index (χ2n) is 3.82. The molecule has 0 bridgehead atoms. The van der Waals surface area contributed by atoms with Crippen LogP contribution in [0.1, 0.15) is 24.1 Å². The Labute approximate surface area is 119 Å². The van der Waals surface area contributed by atoms with Crippen molar-refractivity contribution in [1.82, 2.24) is 9.97 Å². The van der Waals surface area contributed by atoms with Crippen LogP contribution in [0.3, 0.4) is 0 Å². The van der Waals surface area contributed by atoms with Crippen LogP contribution in [-0.4, -0.2) is 9.97 Å². The third-order valence-corrected chi connectivity index (χ3v) is 3.06. The van der Waals surface area contributed by atoms with Gasteiger partial charge in [-0.05, 0) is 47.2 Å². The topological polar surface area (TPSA) is 61.6 Å². The van der Waals surface area contributed by atoms with Gasteiger partial charge in [0.05, 0.1) is 17.7 Å². The van der Waals surface area contributed by atoms with Crippen LogP contribution in [0.2, 0.25) is 0 Å². The molecule has 2 aromatic rings. The molecular weight excluding hydrogens is 339 g/mol. The van der Waals surface area contributed by atoms with E-state index in [1.54, 1.807) is 12.4 Å². The molecule has 0 fully saturated rings. The number of aromatic nitrogens is 2. The first-order chi connectivity index (χ1) is 8.69. The number of hydrogen-bond acceptors (Lipinski definition) is 4. The number of nitrogens with zero attached hydrogens (tertiary/aromatic N) is 3. The van der Waals surface area contributed by atoms with Gasteiger partial charge in [-0.1, -0.05) is 12.1 Å². The highest BCUT2D eigenvalue weighted by atomic mass is 127. The van der Waals surface area contributed by atoms with Gasteiger partial charge >= 0.3 is 0 Å². The average molecular weight is 350 g/mol. The summed E-state index contributed by atoms with van der Waals surface area (Å²) in [6.45, 7) is 2.03. The van der Waals surface area contributed by atoms with Crippen molar-refractivity contribution in [3.63, 3.8) is 0 Å². The van der Waals surface area contributed by atoms with Gasteiger partial charge < -0.3 is 5.32 Å². The highest BCUT2D eigenvalue weighted by molar-refractivity contribution is 14.1. The minimum Gasteiger partial charge on any atom is -0.348 e. The lowest BCUT2D eigenvalue weighted by atomic mass is 10.1. The van der Waals surface area contributed by atoms with Gasteiger partial charge in [0.25, 0.3) is 0 Å². The van der Waals surface area contributed by atoms with Gasteiger partial charge in [-0.25, -0.2) is 9.97 Å². The first-order valence-corrected chi connectivity index (χ1v) is 6.51. The Morgan fingerprint density at radius 3 is 2.39 bits per heavy atom. The lowest BCUT2D eigenvalue weighted by molar-refractivity contribution is 0.859. The Morgan fingerprint density at radius 2 is 1.83 bits per heavy atom. The molecule has 1 atom stereocenters. The van der Waals surface area contributed by atoms with E-state index in [9.17, 15) is 0 Å². The molecule has 0 aliphatic carbocycles. The molecule has 1 aromatic carbocycles. The second-order valence-corrected chi connectivity index (χ2v) is 5.07. The van der Waals surface area contributed by atoms with E-state index in [0.717, 1.165) is 9.13 Å². The number of rotatable bonds is 3. The minimum atomic E-state index is 0.0952. The Bertz CT molecular complexity index is 557. The summed E-state index contributed by atoms with van der Waals surface area (Å²) in [6.07, 6.45) is 3.53. The number of halogens is 1. The molecule has 18 heavy (non-hydrogen) atoms. The molecule has 5 heteroatoms. The van der Waals surface area contributed by atoms with E-state index < -0.39 is 0 Å². The van der Waals surface area contributed by atoms with Gasteiger partial charge in [0, 0.05) is 16.0 Å². The van der Waals surface area contributed by atoms with Crippen LogP contribution in [0.25, 0.3) is 0 Å². The van der Waals surface area contributed by atoms with E-state index in [-0.39, 0.29) is 6.04 Å². The summed E-state index contributed by atoms with van der Waals surface area (Å²) in [6, 6.07) is 9.68. The zero-order chi connectivity index (χ0) is 13.0. The molecule has 90 valence electrons. The normalized spacial score (nSPS) is 11.6. The van der Waals surface area contributed by atoms with Crippen molar-refractivity contribution in [1.29, 1.82) is 5.26 Å². The maximum absolute atomic E-state index is 8.74. The van der Waals surface area contributed by atoms with Crippen molar-refractivity contribution in [3.8, 4) is 6.07 Å². The standard InChI is InChI=1S/C13H11IN4/c1-9(11-4-2-10(6-15)3-5-11)18-13-16-7-12(14)8-17-13/h2-5,7-9H,1H3,(H,16,17,18). The summed E-state index contributed by atoms with van der Waals surface area (Å²) in [4.78, 5) is 8.39. The molecule has 0 aliphatic heterocycles. The summed E-state index contributed by atoms with van der Waals surface area (Å²) in [5.41, 5.74) is 1.76. The highest BCUT2D eigenvalue weighted by Crippen LogP contribution is 2.17. The summed E-state index contributed by atoms with van der Waals surface area (Å²) < 4.78 is 1.00. The van der Waals surface area contributed by atoms with Gasteiger partial charge in [-0.3, -0.25) is 0 Å². The van der Waals surface area contributed by atoms with Crippen LogP contribution in [0, 0.1) is 14.9 Å². The highest BCUT2D eigenvalue weighted by Gasteiger charge is 2.06. The summed E-state index contributed by atoms with van der Waals surface area (Å²) in [7, 11) is 0. The third-order valence-electron chi connectivity index (χ3n) is 2.51. The van der Waals surface area contributed by atoms with Gasteiger partial charge in [-0.15, -0.1) is 0 Å². The molecule has 0 spiro atoms. The van der Waals surface area contributed by atoms with Crippen LogP contribution >= 0.6 is 22.6 Å². The van der Waals surface area contributed by atoms with Crippen molar-refractivity contribution in [2.75, 3.05) is 5.32 Å². The van der Waals surface area contributed by atoms with Crippen molar-refractivity contribution in [2.24, 2.45) is 0 Å². The molecule has 0 saturated carbocycles. The maximum atomic E-state index is 8.74. The van der Waals surface area contributed by atoms with Crippen molar-refractivity contribution < 1.29 is 0 Å². The molecule has 0 amide bonds. The zero-order valence-electron chi connectivity index (χ0n) is 9.76. The first-order valence-electron chi connectivity index (χ1n) is 5.43. The number of hydrogen-bond donors (Lipinski definition) is 1. The van der Waals surface area contributed by atoms with E-state index >= 15 is 0 Å². The van der Waals surface area contributed by atoms with Crippen LogP contribution in [0.4, 0.5) is 5.95 Å². The fraction of sp³-hybridized carbons (Fsp3) is 0.154. The van der Waals surface area contributed by atoms with Gasteiger partial charge in [0.2, 0.25) is 5.95 Å². The van der Waals surface area contributed by atoms with E-state index in [1.165, 1.54) is 0 Å². The molecule has 0 aliphatic rings. The maximum Gasteiger partial charge on any atom is 0.223 e. The summed E-state index contributed by atoms with van der Waals surface area (Å²) in [5.74, 6) is 0.604. The molecular formula is C13H11IN4. The van der Waals surface area contributed by atoms with Crippen LogP contribution < -0.4 is 5.32 Å². The fourth-order valence-corrected chi connectivity index (χ4v) is 1.79. The van der Waals surface area contributed by atoms with E-state index in [2.05, 4.69) is 43.9 Å². The van der Waals surface area contributed by atoms with Gasteiger partial charge in [0.15, 0.2) is 0 Å². The molecule has 1 unspecified atom stereocenters. The summed E-state index contributed by atoms with van der Waals surface area (Å²) >= 11 is 2.17. The molecule has 4 nitrogen and oxygen atoms in total. The summed E-state index contributed by atoms with van der Waals surface area (Å²) in [5, 5.41) is 12.0. The third kappa shape index (κ3) is 3.17. The lowest BCUT2D eigenvalue weighted by Gasteiger charge is -2.13. The average Bonchev–Trinajstić information content (AvgIpc) is 2.41. The first kappa shape index (κ1) is 12.8. The molecule has 0 radical (unpaired) electrons. The number of benzene rings is 1. The Morgan fingerprint density at radius 1 is 1.22 bits per heavy atom. The molecule has 1 aromatic heterocycles. The number of nitrogens with one attached hydrogen (secondary N) is 1. The zero-order valence-corrected chi connectivity index (χ0v) is 11.9. The van der Waals surface area contributed by atoms with E-state index in [1.807, 2.05) is 31.2 Å². The van der Waals surface area contributed by atoms with Gasteiger partial charge in [0.1, 0.15) is 0 Å². The minimum absolute atomic E-state index is 0.0952. The van der Waals surface area contributed by atoms with E-state index in [0.29, 0.717) is 11.5 Å². The second kappa shape index (κ2) is 5.78. The smallest absolute Gasteiger partial charge is 0.223 e.